The summed E-state index contributed by atoms with van der Waals surface area (Å²) in [4.78, 5) is 37.3. The number of benzene rings is 1. The van der Waals surface area contributed by atoms with Crippen molar-refractivity contribution in [3.05, 3.63) is 35.4 Å². The van der Waals surface area contributed by atoms with Gasteiger partial charge in [-0.05, 0) is 24.5 Å². The SMILES string of the molecule is O=C1CCC(N2CCc3ccccc3C2=O)C(=O)C1. The molecule has 98 valence electrons. The molecule has 1 atom stereocenters. The van der Waals surface area contributed by atoms with Crippen molar-refractivity contribution in [2.24, 2.45) is 0 Å². The molecule has 3 rings (SSSR count). The molecule has 1 saturated carbocycles. The summed E-state index contributed by atoms with van der Waals surface area (Å²) in [6, 6.07) is 7.12. The number of ketones is 2. The van der Waals surface area contributed by atoms with Gasteiger partial charge >= 0.3 is 0 Å². The predicted octanol–water partition coefficient (Wildman–Crippen LogP) is 1.38. The molecule has 1 aliphatic carbocycles. The molecule has 4 nitrogen and oxygen atoms in total. The lowest BCUT2D eigenvalue weighted by molar-refractivity contribution is -0.133. The van der Waals surface area contributed by atoms with E-state index in [1.54, 1.807) is 4.90 Å². The molecule has 0 radical (unpaired) electrons. The maximum Gasteiger partial charge on any atom is 0.254 e. The molecule has 1 fully saturated rings. The van der Waals surface area contributed by atoms with E-state index >= 15 is 0 Å². The molecule has 1 unspecified atom stereocenters. The minimum absolute atomic E-state index is 0.00823. The lowest BCUT2D eigenvalue weighted by atomic mass is 9.89. The van der Waals surface area contributed by atoms with Crippen LogP contribution in [0.1, 0.15) is 35.2 Å². The van der Waals surface area contributed by atoms with E-state index in [1.165, 1.54) is 0 Å². The van der Waals surface area contributed by atoms with Gasteiger partial charge in [-0.15, -0.1) is 0 Å². The van der Waals surface area contributed by atoms with Crippen LogP contribution in [0.4, 0.5) is 0 Å². The Labute approximate surface area is 111 Å². The fourth-order valence-electron chi connectivity index (χ4n) is 2.93. The van der Waals surface area contributed by atoms with Gasteiger partial charge in [-0.2, -0.15) is 0 Å². The molecule has 0 saturated heterocycles. The first-order chi connectivity index (χ1) is 9.16. The van der Waals surface area contributed by atoms with Crippen LogP contribution in [0.25, 0.3) is 0 Å². The molecule has 0 aromatic heterocycles. The molecule has 2 aliphatic rings. The van der Waals surface area contributed by atoms with E-state index in [-0.39, 0.29) is 23.9 Å². The first-order valence-corrected chi connectivity index (χ1v) is 6.60. The van der Waals surface area contributed by atoms with Crippen LogP contribution in [0.15, 0.2) is 24.3 Å². The third-order valence-electron chi connectivity index (χ3n) is 3.95. The van der Waals surface area contributed by atoms with Gasteiger partial charge < -0.3 is 4.90 Å². The molecule has 0 bridgehead atoms. The standard InChI is InChI=1S/C15H15NO3/c17-11-5-6-13(14(18)9-11)16-8-7-10-3-1-2-4-12(10)15(16)19/h1-4,13H,5-9H2. The quantitative estimate of drug-likeness (QED) is 0.714. The van der Waals surface area contributed by atoms with Gasteiger partial charge in [0.25, 0.3) is 5.91 Å². The maximum absolute atomic E-state index is 12.4. The molecule has 1 amide bonds. The van der Waals surface area contributed by atoms with Gasteiger partial charge in [0, 0.05) is 18.5 Å². The van der Waals surface area contributed by atoms with Crippen LogP contribution in [-0.2, 0) is 16.0 Å². The largest absolute Gasteiger partial charge is 0.328 e. The number of fused-ring (bicyclic) bond motifs is 1. The van der Waals surface area contributed by atoms with Crippen molar-refractivity contribution in [2.45, 2.75) is 31.7 Å². The van der Waals surface area contributed by atoms with Crippen molar-refractivity contribution in [3.8, 4) is 0 Å². The van der Waals surface area contributed by atoms with Gasteiger partial charge in [-0.1, -0.05) is 18.2 Å². The van der Waals surface area contributed by atoms with Crippen LogP contribution >= 0.6 is 0 Å². The normalized spacial score (nSPS) is 23.5. The molecule has 0 N–H and O–H groups in total. The Morgan fingerprint density at radius 2 is 1.84 bits per heavy atom. The van der Waals surface area contributed by atoms with Crippen LogP contribution in [-0.4, -0.2) is 35.0 Å². The van der Waals surface area contributed by atoms with Crippen molar-refractivity contribution >= 4 is 17.5 Å². The van der Waals surface area contributed by atoms with Crippen molar-refractivity contribution < 1.29 is 14.4 Å². The Balaban J connectivity index is 1.86. The number of Topliss-reactive ketones (excluding diaryl/α,β-unsaturated/α-hetero) is 2. The van der Waals surface area contributed by atoms with Crippen LogP contribution in [0.5, 0.6) is 0 Å². The summed E-state index contributed by atoms with van der Waals surface area (Å²) in [6.45, 7) is 0.570. The average molecular weight is 257 g/mol. The molecule has 1 aliphatic heterocycles. The second-order valence-corrected chi connectivity index (χ2v) is 5.14. The number of hydrogen-bond donors (Lipinski definition) is 0. The predicted molar refractivity (Wildman–Crippen MR) is 68.8 cm³/mol. The highest BCUT2D eigenvalue weighted by Gasteiger charge is 2.36. The van der Waals surface area contributed by atoms with Crippen LogP contribution in [0, 0.1) is 0 Å². The Bertz CT molecular complexity index is 564. The molecule has 1 aromatic rings. The summed E-state index contributed by atoms with van der Waals surface area (Å²) >= 11 is 0. The fourth-order valence-corrected chi connectivity index (χ4v) is 2.93. The first kappa shape index (κ1) is 12.1. The number of nitrogens with zero attached hydrogens (tertiary/aromatic N) is 1. The van der Waals surface area contributed by atoms with Crippen molar-refractivity contribution in [1.29, 1.82) is 0 Å². The van der Waals surface area contributed by atoms with E-state index in [2.05, 4.69) is 0 Å². The minimum atomic E-state index is -0.404. The van der Waals surface area contributed by atoms with Gasteiger partial charge in [0.1, 0.15) is 5.78 Å². The highest BCUT2D eigenvalue weighted by Crippen LogP contribution is 2.25. The topological polar surface area (TPSA) is 54.5 Å². The zero-order valence-electron chi connectivity index (χ0n) is 10.6. The summed E-state index contributed by atoms with van der Waals surface area (Å²) in [5, 5.41) is 0. The number of carbonyl (C=O) groups excluding carboxylic acids is 3. The Morgan fingerprint density at radius 1 is 1.05 bits per heavy atom. The van der Waals surface area contributed by atoms with Crippen molar-refractivity contribution in [3.63, 3.8) is 0 Å². The molecular weight excluding hydrogens is 242 g/mol. The Hall–Kier alpha value is -1.97. The van der Waals surface area contributed by atoms with Gasteiger partial charge in [0.15, 0.2) is 5.78 Å². The van der Waals surface area contributed by atoms with Crippen molar-refractivity contribution in [1.82, 2.24) is 4.90 Å². The lowest BCUT2D eigenvalue weighted by Gasteiger charge is -2.36. The molecule has 1 aromatic carbocycles. The summed E-state index contributed by atoms with van der Waals surface area (Å²) < 4.78 is 0. The second-order valence-electron chi connectivity index (χ2n) is 5.14. The first-order valence-electron chi connectivity index (χ1n) is 6.60. The second kappa shape index (κ2) is 4.61. The zero-order valence-corrected chi connectivity index (χ0v) is 10.6. The van der Waals surface area contributed by atoms with Gasteiger partial charge in [-0.3, -0.25) is 14.4 Å². The molecule has 0 spiro atoms. The molecule has 19 heavy (non-hydrogen) atoms. The number of hydrogen-bond acceptors (Lipinski definition) is 3. The smallest absolute Gasteiger partial charge is 0.254 e. The van der Waals surface area contributed by atoms with E-state index in [1.807, 2.05) is 24.3 Å². The van der Waals surface area contributed by atoms with Gasteiger partial charge in [0.2, 0.25) is 0 Å². The number of rotatable bonds is 1. The van der Waals surface area contributed by atoms with E-state index < -0.39 is 6.04 Å². The third-order valence-corrected chi connectivity index (χ3v) is 3.95. The van der Waals surface area contributed by atoms with E-state index in [9.17, 15) is 14.4 Å². The monoisotopic (exact) mass is 257 g/mol. The number of carbonyl (C=O) groups is 3. The van der Waals surface area contributed by atoms with E-state index in [4.69, 9.17) is 0 Å². The maximum atomic E-state index is 12.4. The van der Waals surface area contributed by atoms with Gasteiger partial charge in [0.05, 0.1) is 12.5 Å². The number of amides is 1. The fraction of sp³-hybridized carbons (Fsp3) is 0.400. The highest BCUT2D eigenvalue weighted by molar-refractivity contribution is 6.07. The summed E-state index contributed by atoms with van der Waals surface area (Å²) in [5.41, 5.74) is 1.74. The minimum Gasteiger partial charge on any atom is -0.328 e. The summed E-state index contributed by atoms with van der Waals surface area (Å²) in [6.07, 6.45) is 1.64. The third kappa shape index (κ3) is 2.07. The van der Waals surface area contributed by atoms with E-state index in [0.717, 1.165) is 12.0 Å². The molecule has 4 heteroatoms. The molecule has 1 heterocycles. The van der Waals surface area contributed by atoms with Crippen molar-refractivity contribution in [2.75, 3.05) is 6.54 Å². The summed E-state index contributed by atoms with van der Waals surface area (Å²) in [7, 11) is 0. The Morgan fingerprint density at radius 3 is 2.63 bits per heavy atom. The Kier molecular flexibility index (Phi) is 2.93. The van der Waals surface area contributed by atoms with Crippen LogP contribution in [0.3, 0.4) is 0 Å². The zero-order chi connectivity index (χ0) is 13.4. The average Bonchev–Trinajstić information content (AvgIpc) is 2.41. The van der Waals surface area contributed by atoms with E-state index in [0.29, 0.717) is 24.9 Å². The van der Waals surface area contributed by atoms with Gasteiger partial charge in [-0.25, -0.2) is 0 Å². The summed E-state index contributed by atoms with van der Waals surface area (Å²) in [5.74, 6) is -0.190. The lowest BCUT2D eigenvalue weighted by Crippen LogP contribution is -2.50. The highest BCUT2D eigenvalue weighted by atomic mass is 16.2. The van der Waals surface area contributed by atoms with Crippen LogP contribution < -0.4 is 0 Å². The van der Waals surface area contributed by atoms with Crippen LogP contribution in [0.2, 0.25) is 0 Å². The molecular formula is C15H15NO3.